The first-order chi connectivity index (χ1) is 8.61. The molecule has 18 heavy (non-hydrogen) atoms. The van der Waals surface area contributed by atoms with Gasteiger partial charge in [0.15, 0.2) is 5.78 Å². The average Bonchev–Trinajstić information content (AvgIpc) is 2.35. The van der Waals surface area contributed by atoms with Crippen LogP contribution in [0.15, 0.2) is 12.1 Å². The van der Waals surface area contributed by atoms with Gasteiger partial charge < -0.3 is 10.1 Å². The lowest BCUT2D eigenvalue weighted by molar-refractivity contribution is 0.0181. The minimum absolute atomic E-state index is 0.237. The van der Waals surface area contributed by atoms with Gasteiger partial charge in [-0.05, 0) is 44.1 Å². The molecule has 0 radical (unpaired) electrons. The average molecular weight is 245 g/mol. The van der Waals surface area contributed by atoms with E-state index in [1.165, 1.54) is 5.56 Å². The van der Waals surface area contributed by atoms with E-state index in [0.29, 0.717) is 6.42 Å². The maximum atomic E-state index is 12.3. The molecule has 1 aromatic carbocycles. The molecule has 1 saturated heterocycles. The lowest BCUT2D eigenvalue weighted by atomic mass is 9.82. The van der Waals surface area contributed by atoms with Crippen LogP contribution in [-0.2, 0) is 0 Å². The number of ketones is 1. The van der Waals surface area contributed by atoms with Crippen LogP contribution >= 0.6 is 0 Å². The molecule has 1 fully saturated rings. The highest BCUT2D eigenvalue weighted by molar-refractivity contribution is 6.01. The minimum atomic E-state index is -0.256. The Hall–Kier alpha value is -1.35. The summed E-state index contributed by atoms with van der Waals surface area (Å²) in [6.45, 7) is 5.98. The quantitative estimate of drug-likeness (QED) is 0.762. The highest BCUT2D eigenvalue weighted by atomic mass is 16.5. The molecule has 3 heteroatoms. The number of rotatable bonds is 0. The maximum absolute atomic E-state index is 12.3. The fourth-order valence-corrected chi connectivity index (χ4v) is 2.94. The summed E-state index contributed by atoms with van der Waals surface area (Å²) in [4.78, 5) is 12.3. The number of piperidine rings is 1. The SMILES string of the molecule is Cc1ccc2c(c1C)OC1(CCNCC1)CC2=O. The summed E-state index contributed by atoms with van der Waals surface area (Å²) in [5, 5.41) is 3.33. The molecule has 0 saturated carbocycles. The topological polar surface area (TPSA) is 38.3 Å². The predicted molar refractivity (Wildman–Crippen MR) is 70.3 cm³/mol. The van der Waals surface area contributed by atoms with Crippen LogP contribution in [0.4, 0.5) is 0 Å². The summed E-state index contributed by atoms with van der Waals surface area (Å²) in [5.41, 5.74) is 2.81. The Labute approximate surface area is 108 Å². The fraction of sp³-hybridized carbons (Fsp3) is 0.533. The number of aryl methyl sites for hydroxylation is 1. The van der Waals surface area contributed by atoms with Gasteiger partial charge in [0, 0.05) is 12.8 Å². The van der Waals surface area contributed by atoms with Crippen molar-refractivity contribution in [3.63, 3.8) is 0 Å². The third kappa shape index (κ3) is 1.74. The molecule has 0 unspecified atom stereocenters. The van der Waals surface area contributed by atoms with Gasteiger partial charge in [-0.15, -0.1) is 0 Å². The summed E-state index contributed by atoms with van der Waals surface area (Å²) in [6, 6.07) is 3.92. The van der Waals surface area contributed by atoms with Gasteiger partial charge in [0.2, 0.25) is 0 Å². The van der Waals surface area contributed by atoms with Crippen LogP contribution in [0.2, 0.25) is 0 Å². The smallest absolute Gasteiger partial charge is 0.170 e. The van der Waals surface area contributed by atoms with Gasteiger partial charge >= 0.3 is 0 Å². The molecule has 0 atom stereocenters. The molecule has 2 aliphatic rings. The first-order valence-corrected chi connectivity index (χ1v) is 6.64. The molecule has 1 N–H and O–H groups in total. The number of hydrogen-bond acceptors (Lipinski definition) is 3. The Morgan fingerprint density at radius 2 is 1.94 bits per heavy atom. The van der Waals surface area contributed by atoms with Crippen molar-refractivity contribution >= 4 is 5.78 Å². The van der Waals surface area contributed by atoms with E-state index >= 15 is 0 Å². The standard InChI is InChI=1S/C15H19NO2/c1-10-3-4-12-13(17)9-15(5-7-16-8-6-15)18-14(12)11(10)2/h3-4,16H,5-9H2,1-2H3. The lowest BCUT2D eigenvalue weighted by Gasteiger charge is -2.41. The summed E-state index contributed by atoms with van der Waals surface area (Å²) in [5.74, 6) is 1.06. The molecular weight excluding hydrogens is 226 g/mol. The van der Waals surface area contributed by atoms with Crippen molar-refractivity contribution in [2.75, 3.05) is 13.1 Å². The molecule has 3 nitrogen and oxygen atoms in total. The molecule has 2 aliphatic heterocycles. The highest BCUT2D eigenvalue weighted by Gasteiger charge is 2.41. The molecule has 3 rings (SSSR count). The molecule has 0 aliphatic carbocycles. The molecule has 0 aromatic heterocycles. The highest BCUT2D eigenvalue weighted by Crippen LogP contribution is 2.40. The first kappa shape index (κ1) is 11.7. The second-order valence-electron chi connectivity index (χ2n) is 5.52. The Morgan fingerprint density at radius 1 is 1.22 bits per heavy atom. The Kier molecular flexibility index (Phi) is 2.67. The summed E-state index contributed by atoms with van der Waals surface area (Å²) < 4.78 is 6.28. The van der Waals surface area contributed by atoms with E-state index in [4.69, 9.17) is 4.74 Å². The Bertz CT molecular complexity index is 501. The maximum Gasteiger partial charge on any atom is 0.170 e. The number of hydrogen-bond donors (Lipinski definition) is 1. The van der Waals surface area contributed by atoms with E-state index in [1.807, 2.05) is 19.1 Å². The third-order valence-electron chi connectivity index (χ3n) is 4.29. The number of benzene rings is 1. The van der Waals surface area contributed by atoms with Crippen LogP contribution in [0, 0.1) is 13.8 Å². The number of ether oxygens (including phenoxy) is 1. The van der Waals surface area contributed by atoms with Gasteiger partial charge in [-0.1, -0.05) is 6.07 Å². The van der Waals surface area contributed by atoms with E-state index in [0.717, 1.165) is 42.8 Å². The lowest BCUT2D eigenvalue weighted by Crippen LogP contribution is -2.49. The van der Waals surface area contributed by atoms with Crippen molar-refractivity contribution in [2.24, 2.45) is 0 Å². The summed E-state index contributed by atoms with van der Waals surface area (Å²) >= 11 is 0. The first-order valence-electron chi connectivity index (χ1n) is 6.64. The van der Waals surface area contributed by atoms with Crippen molar-refractivity contribution in [3.05, 3.63) is 28.8 Å². The number of nitrogens with one attached hydrogen (secondary N) is 1. The Balaban J connectivity index is 2.05. The van der Waals surface area contributed by atoms with E-state index in [-0.39, 0.29) is 11.4 Å². The van der Waals surface area contributed by atoms with Crippen molar-refractivity contribution in [1.82, 2.24) is 5.32 Å². The molecule has 1 aromatic rings. The number of carbonyl (C=O) groups excluding carboxylic acids is 1. The van der Waals surface area contributed by atoms with Crippen LogP contribution in [0.25, 0.3) is 0 Å². The number of fused-ring (bicyclic) bond motifs is 1. The third-order valence-corrected chi connectivity index (χ3v) is 4.29. The summed E-state index contributed by atoms with van der Waals surface area (Å²) in [6.07, 6.45) is 2.38. The van der Waals surface area contributed by atoms with Gasteiger partial charge in [0.1, 0.15) is 11.4 Å². The van der Waals surface area contributed by atoms with Gasteiger partial charge in [-0.3, -0.25) is 4.79 Å². The van der Waals surface area contributed by atoms with Crippen LogP contribution in [0.5, 0.6) is 5.75 Å². The monoisotopic (exact) mass is 245 g/mol. The van der Waals surface area contributed by atoms with Crippen LogP contribution in [-0.4, -0.2) is 24.5 Å². The zero-order chi connectivity index (χ0) is 12.8. The molecule has 2 heterocycles. The van der Waals surface area contributed by atoms with Crippen LogP contribution < -0.4 is 10.1 Å². The van der Waals surface area contributed by atoms with Gasteiger partial charge in [0.25, 0.3) is 0 Å². The van der Waals surface area contributed by atoms with Crippen LogP contribution in [0.3, 0.4) is 0 Å². The zero-order valence-corrected chi connectivity index (χ0v) is 11.0. The van der Waals surface area contributed by atoms with Crippen molar-refractivity contribution in [2.45, 2.75) is 38.7 Å². The van der Waals surface area contributed by atoms with Crippen LogP contribution in [0.1, 0.15) is 40.7 Å². The van der Waals surface area contributed by atoms with Gasteiger partial charge in [-0.25, -0.2) is 0 Å². The second-order valence-corrected chi connectivity index (χ2v) is 5.52. The largest absolute Gasteiger partial charge is 0.486 e. The van der Waals surface area contributed by atoms with Crippen molar-refractivity contribution < 1.29 is 9.53 Å². The predicted octanol–water partition coefficient (Wildman–Crippen LogP) is 2.39. The van der Waals surface area contributed by atoms with E-state index < -0.39 is 0 Å². The second kappa shape index (κ2) is 4.09. The molecular formula is C15H19NO2. The minimum Gasteiger partial charge on any atom is -0.486 e. The molecule has 96 valence electrons. The molecule has 1 spiro atoms. The molecule has 0 amide bonds. The van der Waals surface area contributed by atoms with Crippen molar-refractivity contribution in [3.8, 4) is 5.75 Å². The van der Waals surface area contributed by atoms with Crippen molar-refractivity contribution in [1.29, 1.82) is 0 Å². The van der Waals surface area contributed by atoms with Gasteiger partial charge in [0.05, 0.1) is 12.0 Å². The number of carbonyl (C=O) groups is 1. The van der Waals surface area contributed by atoms with E-state index in [9.17, 15) is 4.79 Å². The Morgan fingerprint density at radius 3 is 2.67 bits per heavy atom. The summed E-state index contributed by atoms with van der Waals surface area (Å²) in [7, 11) is 0. The normalized spacial score (nSPS) is 21.6. The zero-order valence-electron chi connectivity index (χ0n) is 11.0. The number of Topliss-reactive ketones (excluding diaryl/α,β-unsaturated/α-hetero) is 1. The van der Waals surface area contributed by atoms with E-state index in [1.54, 1.807) is 0 Å². The van der Waals surface area contributed by atoms with Gasteiger partial charge in [-0.2, -0.15) is 0 Å². The fourth-order valence-electron chi connectivity index (χ4n) is 2.94. The molecule has 0 bridgehead atoms. The van der Waals surface area contributed by atoms with E-state index in [2.05, 4.69) is 12.2 Å².